The average molecular weight is 271 g/mol. The van der Waals surface area contributed by atoms with Crippen LogP contribution in [0.25, 0.3) is 10.9 Å². The van der Waals surface area contributed by atoms with Crippen LogP contribution < -0.4 is 0 Å². The number of esters is 1. The van der Waals surface area contributed by atoms with Gasteiger partial charge in [-0.15, -0.1) is 13.2 Å². The number of fused-ring (bicyclic) bond motifs is 1. The van der Waals surface area contributed by atoms with Gasteiger partial charge in [0.25, 0.3) is 0 Å². The third-order valence-electron chi connectivity index (χ3n) is 2.91. The first-order chi connectivity index (χ1) is 9.76. The highest BCUT2D eigenvalue weighted by Crippen LogP contribution is 2.21. The van der Waals surface area contributed by atoms with Crippen molar-refractivity contribution in [3.05, 3.63) is 61.8 Å². The van der Waals surface area contributed by atoms with Gasteiger partial charge in [0.2, 0.25) is 0 Å². The van der Waals surface area contributed by atoms with Gasteiger partial charge < -0.3 is 9.30 Å². The number of aryl methyl sites for hydroxylation is 1. The van der Waals surface area contributed by atoms with Crippen molar-refractivity contribution in [3.8, 4) is 0 Å². The first kappa shape index (κ1) is 15.8. The van der Waals surface area contributed by atoms with Gasteiger partial charge in [0, 0.05) is 23.6 Å². The van der Waals surface area contributed by atoms with E-state index in [2.05, 4.69) is 37.3 Å². The van der Waals surface area contributed by atoms with E-state index in [1.165, 1.54) is 0 Å². The molecule has 0 amide bonds. The van der Waals surface area contributed by atoms with E-state index in [9.17, 15) is 4.79 Å². The molecule has 0 aliphatic heterocycles. The molecule has 3 heteroatoms. The van der Waals surface area contributed by atoms with Gasteiger partial charge in [-0.3, -0.25) is 4.79 Å². The second-order valence-corrected chi connectivity index (χ2v) is 4.11. The third kappa shape index (κ3) is 3.60. The summed E-state index contributed by atoms with van der Waals surface area (Å²) in [5, 5.41) is 1.12. The molecule has 0 N–H and O–H groups in total. The van der Waals surface area contributed by atoms with Crippen LogP contribution in [-0.2, 0) is 22.5 Å². The van der Waals surface area contributed by atoms with E-state index >= 15 is 0 Å². The predicted molar refractivity (Wildman–Crippen MR) is 83.7 cm³/mol. The summed E-state index contributed by atoms with van der Waals surface area (Å²) in [6.07, 6.45) is 3.91. The lowest BCUT2D eigenvalue weighted by atomic mass is 10.1. The molecule has 0 atom stereocenters. The fourth-order valence-electron chi connectivity index (χ4n) is 2.08. The van der Waals surface area contributed by atoms with Gasteiger partial charge in [-0.1, -0.05) is 30.9 Å². The number of para-hydroxylation sites is 1. The molecule has 20 heavy (non-hydrogen) atoms. The molecule has 0 spiro atoms. The van der Waals surface area contributed by atoms with Crippen molar-refractivity contribution in [1.82, 2.24) is 4.57 Å². The maximum atomic E-state index is 11.6. The Balaban J connectivity index is 0.000000956. The van der Waals surface area contributed by atoms with Crippen LogP contribution in [0.4, 0.5) is 0 Å². The Morgan fingerprint density at radius 3 is 2.70 bits per heavy atom. The van der Waals surface area contributed by atoms with Crippen LogP contribution in [-0.4, -0.2) is 17.1 Å². The number of ether oxygens (including phenoxy) is 1. The van der Waals surface area contributed by atoms with E-state index in [0.717, 1.165) is 23.0 Å². The molecule has 0 radical (unpaired) electrons. The second kappa shape index (κ2) is 8.00. The van der Waals surface area contributed by atoms with Gasteiger partial charge in [0.05, 0.1) is 6.42 Å². The van der Waals surface area contributed by atoms with E-state index in [0.29, 0.717) is 6.42 Å². The zero-order valence-corrected chi connectivity index (χ0v) is 12.0. The number of hydrogen-bond acceptors (Lipinski definition) is 2. The smallest absolute Gasteiger partial charge is 0.310 e. The predicted octanol–water partition coefficient (Wildman–Crippen LogP) is 3.74. The molecule has 3 nitrogen and oxygen atoms in total. The van der Waals surface area contributed by atoms with Crippen LogP contribution in [0.15, 0.2) is 56.3 Å². The van der Waals surface area contributed by atoms with Gasteiger partial charge in [-0.25, -0.2) is 0 Å². The minimum Gasteiger partial charge on any atom is -0.461 e. The number of benzene rings is 1. The molecule has 0 saturated heterocycles. The van der Waals surface area contributed by atoms with E-state index in [4.69, 9.17) is 4.74 Å². The molecule has 1 heterocycles. The zero-order chi connectivity index (χ0) is 15.0. The minimum atomic E-state index is -0.214. The molecule has 1 aromatic heterocycles. The summed E-state index contributed by atoms with van der Waals surface area (Å²) in [5.74, 6) is -0.214. The molecule has 2 rings (SSSR count). The van der Waals surface area contributed by atoms with Crippen LogP contribution in [0.3, 0.4) is 0 Å². The summed E-state index contributed by atoms with van der Waals surface area (Å²) in [7, 11) is 0. The Kier molecular flexibility index (Phi) is 6.30. The highest BCUT2D eigenvalue weighted by Gasteiger charge is 2.11. The molecule has 0 fully saturated rings. The van der Waals surface area contributed by atoms with Crippen LogP contribution in [0.2, 0.25) is 0 Å². The Morgan fingerprint density at radius 1 is 1.35 bits per heavy atom. The molecule has 2 aromatic rings. The number of aromatic nitrogens is 1. The van der Waals surface area contributed by atoms with Crippen molar-refractivity contribution < 1.29 is 9.53 Å². The van der Waals surface area contributed by atoms with Crippen LogP contribution in [0.5, 0.6) is 0 Å². The molecule has 0 aliphatic rings. The van der Waals surface area contributed by atoms with E-state index in [1.54, 1.807) is 6.08 Å². The Morgan fingerprint density at radius 2 is 2.05 bits per heavy atom. The lowest BCUT2D eigenvalue weighted by Crippen LogP contribution is -2.07. The highest BCUT2D eigenvalue weighted by atomic mass is 16.5. The maximum absolute atomic E-state index is 11.6. The minimum absolute atomic E-state index is 0.214. The van der Waals surface area contributed by atoms with Gasteiger partial charge in [0.15, 0.2) is 0 Å². The number of hydrogen-bond donors (Lipinski definition) is 0. The van der Waals surface area contributed by atoms with Gasteiger partial charge >= 0.3 is 5.97 Å². The first-order valence-corrected chi connectivity index (χ1v) is 6.59. The summed E-state index contributed by atoms with van der Waals surface area (Å²) >= 11 is 0. The lowest BCUT2D eigenvalue weighted by molar-refractivity contribution is -0.141. The Hall–Kier alpha value is -2.29. The summed E-state index contributed by atoms with van der Waals surface area (Å²) in [6.45, 7) is 12.8. The first-order valence-electron chi connectivity index (χ1n) is 6.59. The maximum Gasteiger partial charge on any atom is 0.310 e. The molecule has 0 aliphatic carbocycles. The quantitative estimate of drug-likeness (QED) is 0.613. The third-order valence-corrected chi connectivity index (χ3v) is 2.91. The van der Waals surface area contributed by atoms with Crippen LogP contribution in [0, 0.1) is 0 Å². The fraction of sp³-hybridized carbons (Fsp3) is 0.235. The van der Waals surface area contributed by atoms with Gasteiger partial charge in [-0.2, -0.15) is 0 Å². The Bertz CT molecular complexity index is 584. The van der Waals surface area contributed by atoms with E-state index in [1.807, 2.05) is 24.4 Å². The topological polar surface area (TPSA) is 31.2 Å². The molecule has 1 aromatic carbocycles. The van der Waals surface area contributed by atoms with Crippen molar-refractivity contribution in [1.29, 1.82) is 0 Å². The molecule has 0 bridgehead atoms. The summed E-state index contributed by atoms with van der Waals surface area (Å²) in [5.41, 5.74) is 2.17. The highest BCUT2D eigenvalue weighted by molar-refractivity contribution is 5.87. The molecular formula is C17H21NO2. The van der Waals surface area contributed by atoms with Crippen molar-refractivity contribution in [3.63, 3.8) is 0 Å². The fourth-order valence-corrected chi connectivity index (χ4v) is 2.08. The van der Waals surface area contributed by atoms with E-state index < -0.39 is 0 Å². The summed E-state index contributed by atoms with van der Waals surface area (Å²) in [6, 6.07) is 8.10. The van der Waals surface area contributed by atoms with Crippen molar-refractivity contribution in [2.75, 3.05) is 6.61 Å². The number of carbonyl (C=O) groups is 1. The summed E-state index contributed by atoms with van der Waals surface area (Å²) < 4.78 is 7.16. The normalized spacial score (nSPS) is 9.65. The standard InChI is InChI=1S/C15H17NO2.C2H4/c1-3-9-18-15(17)10-12-11-16(4-2)14-8-6-5-7-13(12)14;1-2/h3,5-8,11H,1,4,9-10H2,2H3;1-2H2. The second-order valence-electron chi connectivity index (χ2n) is 4.11. The molecule has 0 unspecified atom stereocenters. The number of nitrogens with zero attached hydrogens (tertiary/aromatic N) is 1. The largest absolute Gasteiger partial charge is 0.461 e. The zero-order valence-electron chi connectivity index (χ0n) is 12.0. The monoisotopic (exact) mass is 271 g/mol. The number of carbonyl (C=O) groups excluding carboxylic acids is 1. The lowest BCUT2D eigenvalue weighted by Gasteiger charge is -2.00. The molecule has 0 saturated carbocycles. The van der Waals surface area contributed by atoms with Crippen molar-refractivity contribution in [2.45, 2.75) is 19.9 Å². The van der Waals surface area contributed by atoms with Crippen molar-refractivity contribution >= 4 is 16.9 Å². The van der Waals surface area contributed by atoms with Crippen molar-refractivity contribution in [2.24, 2.45) is 0 Å². The van der Waals surface area contributed by atoms with Gasteiger partial charge in [-0.05, 0) is 18.6 Å². The Labute approximate surface area is 120 Å². The average Bonchev–Trinajstić information content (AvgIpc) is 2.85. The SMILES string of the molecule is C=C.C=CCOC(=O)Cc1cn(CC)c2ccccc12. The molecular weight excluding hydrogens is 250 g/mol. The molecule has 106 valence electrons. The van der Waals surface area contributed by atoms with Crippen LogP contribution in [0.1, 0.15) is 12.5 Å². The van der Waals surface area contributed by atoms with Crippen LogP contribution >= 0.6 is 0 Å². The van der Waals surface area contributed by atoms with E-state index in [-0.39, 0.29) is 12.6 Å². The summed E-state index contributed by atoms with van der Waals surface area (Å²) in [4.78, 5) is 11.6. The van der Waals surface area contributed by atoms with Gasteiger partial charge in [0.1, 0.15) is 6.61 Å². The number of rotatable bonds is 5.